The maximum absolute atomic E-state index is 13.4. The average molecular weight is 413 g/mol. The van der Waals surface area contributed by atoms with Crippen LogP contribution in [0.4, 0.5) is 8.78 Å². The summed E-state index contributed by atoms with van der Waals surface area (Å²) in [5.74, 6) is -2.05. The van der Waals surface area contributed by atoms with Gasteiger partial charge >= 0.3 is 0 Å². The Morgan fingerprint density at radius 2 is 1.56 bits per heavy atom. The molecule has 5 nitrogen and oxygen atoms in total. The van der Waals surface area contributed by atoms with Crippen LogP contribution in [-0.2, 0) is 16.0 Å². The first-order valence-corrected chi connectivity index (χ1v) is 8.14. The molecule has 2 aromatic rings. The summed E-state index contributed by atoms with van der Waals surface area (Å²) < 4.78 is 33.0. The summed E-state index contributed by atoms with van der Waals surface area (Å²) >= 11 is 3.28. The van der Waals surface area contributed by atoms with Crippen LogP contribution in [-0.4, -0.2) is 18.4 Å². The minimum Gasteiger partial charge on any atom is -0.484 e. The van der Waals surface area contributed by atoms with Gasteiger partial charge in [0.25, 0.3) is 5.91 Å². The smallest absolute Gasteiger partial charge is 0.276 e. The number of amides is 2. The molecule has 0 spiro atoms. The Balaban J connectivity index is 1.70. The molecule has 0 saturated carbocycles. The van der Waals surface area contributed by atoms with E-state index in [-0.39, 0.29) is 25.0 Å². The summed E-state index contributed by atoms with van der Waals surface area (Å²) in [6.07, 6.45) is -0.290. The van der Waals surface area contributed by atoms with E-state index >= 15 is 0 Å². The summed E-state index contributed by atoms with van der Waals surface area (Å²) in [5, 5.41) is 0. The monoisotopic (exact) mass is 412 g/mol. The molecular formula is C17H15BrF2N2O3. The van der Waals surface area contributed by atoms with E-state index in [0.29, 0.717) is 5.75 Å². The van der Waals surface area contributed by atoms with E-state index in [1.807, 2.05) is 0 Å². The van der Waals surface area contributed by atoms with Crippen molar-refractivity contribution in [3.63, 3.8) is 0 Å². The van der Waals surface area contributed by atoms with E-state index in [2.05, 4.69) is 26.8 Å². The third kappa shape index (κ3) is 6.15. The molecule has 0 heterocycles. The molecule has 2 aromatic carbocycles. The van der Waals surface area contributed by atoms with Gasteiger partial charge in [0.15, 0.2) is 6.61 Å². The molecule has 0 aliphatic carbocycles. The van der Waals surface area contributed by atoms with Crippen LogP contribution in [0.2, 0.25) is 0 Å². The van der Waals surface area contributed by atoms with Gasteiger partial charge in [-0.3, -0.25) is 20.4 Å². The fourth-order valence-electron chi connectivity index (χ4n) is 1.93. The fourth-order valence-corrected chi connectivity index (χ4v) is 2.19. The van der Waals surface area contributed by atoms with Gasteiger partial charge in [-0.1, -0.05) is 22.0 Å². The van der Waals surface area contributed by atoms with Crippen LogP contribution in [0.3, 0.4) is 0 Å². The highest BCUT2D eigenvalue weighted by atomic mass is 79.9. The highest BCUT2D eigenvalue weighted by molar-refractivity contribution is 9.10. The van der Waals surface area contributed by atoms with E-state index in [1.165, 1.54) is 6.07 Å². The second-order valence-electron chi connectivity index (χ2n) is 5.04. The zero-order chi connectivity index (χ0) is 18.2. The van der Waals surface area contributed by atoms with Gasteiger partial charge in [-0.2, -0.15) is 0 Å². The molecule has 2 N–H and O–H groups in total. The van der Waals surface area contributed by atoms with Crippen molar-refractivity contribution in [3.8, 4) is 5.75 Å². The van der Waals surface area contributed by atoms with Crippen LogP contribution in [0, 0.1) is 11.6 Å². The molecule has 0 bridgehead atoms. The van der Waals surface area contributed by atoms with Crippen LogP contribution in [0.15, 0.2) is 46.9 Å². The molecule has 0 aliphatic rings. The van der Waals surface area contributed by atoms with Gasteiger partial charge in [-0.05, 0) is 42.8 Å². The van der Waals surface area contributed by atoms with Crippen molar-refractivity contribution in [2.75, 3.05) is 6.61 Å². The molecule has 132 valence electrons. The maximum Gasteiger partial charge on any atom is 0.276 e. The number of rotatable bonds is 6. The number of hydrazine groups is 1. The highest BCUT2D eigenvalue weighted by Crippen LogP contribution is 2.16. The molecule has 25 heavy (non-hydrogen) atoms. The zero-order valence-electron chi connectivity index (χ0n) is 13.0. The van der Waals surface area contributed by atoms with Crippen molar-refractivity contribution in [2.24, 2.45) is 0 Å². The quantitative estimate of drug-likeness (QED) is 0.716. The average Bonchev–Trinajstić information content (AvgIpc) is 2.59. The van der Waals surface area contributed by atoms with Crippen molar-refractivity contribution in [2.45, 2.75) is 12.8 Å². The van der Waals surface area contributed by atoms with Crippen LogP contribution < -0.4 is 15.6 Å². The predicted octanol–water partition coefficient (Wildman–Crippen LogP) is 2.89. The third-order valence-corrected chi connectivity index (χ3v) is 3.72. The Bertz CT molecular complexity index is 734. The normalized spacial score (nSPS) is 10.2. The minimum absolute atomic E-state index is 0.115. The van der Waals surface area contributed by atoms with Crippen LogP contribution in [0.1, 0.15) is 12.0 Å². The maximum atomic E-state index is 13.4. The molecule has 0 aliphatic heterocycles. The van der Waals surface area contributed by atoms with Crippen LogP contribution in [0.5, 0.6) is 5.75 Å². The number of halogens is 3. The zero-order valence-corrected chi connectivity index (χ0v) is 14.6. The number of ether oxygens (including phenoxy) is 1. The molecule has 8 heteroatoms. The van der Waals surface area contributed by atoms with E-state index in [4.69, 9.17) is 4.74 Å². The van der Waals surface area contributed by atoms with Gasteiger partial charge < -0.3 is 4.74 Å². The Morgan fingerprint density at radius 3 is 2.20 bits per heavy atom. The Morgan fingerprint density at radius 1 is 0.960 bits per heavy atom. The van der Waals surface area contributed by atoms with Crippen molar-refractivity contribution in [1.82, 2.24) is 10.9 Å². The van der Waals surface area contributed by atoms with Crippen molar-refractivity contribution in [3.05, 3.63) is 64.1 Å². The molecule has 0 fully saturated rings. The third-order valence-electron chi connectivity index (χ3n) is 3.19. The lowest BCUT2D eigenvalue weighted by atomic mass is 10.1. The summed E-state index contributed by atoms with van der Waals surface area (Å²) in [6.45, 7) is -0.288. The van der Waals surface area contributed by atoms with Gasteiger partial charge in [0, 0.05) is 16.5 Å². The number of hydrogen-bond acceptors (Lipinski definition) is 3. The molecule has 0 aromatic heterocycles. The summed E-state index contributed by atoms with van der Waals surface area (Å²) in [6, 6.07) is 10.4. The van der Waals surface area contributed by atoms with Gasteiger partial charge in [-0.15, -0.1) is 0 Å². The second-order valence-corrected chi connectivity index (χ2v) is 5.95. The SMILES string of the molecule is O=C(CCc1c(F)cccc1F)NNC(=O)COc1ccc(Br)cc1. The molecule has 0 atom stereocenters. The van der Waals surface area contributed by atoms with Crippen LogP contribution >= 0.6 is 15.9 Å². The molecular weight excluding hydrogens is 398 g/mol. The van der Waals surface area contributed by atoms with E-state index in [0.717, 1.165) is 16.6 Å². The lowest BCUT2D eigenvalue weighted by Crippen LogP contribution is -2.43. The number of benzene rings is 2. The van der Waals surface area contributed by atoms with Gasteiger partial charge in [0.1, 0.15) is 17.4 Å². The van der Waals surface area contributed by atoms with Gasteiger partial charge in [0.05, 0.1) is 0 Å². The lowest BCUT2D eigenvalue weighted by Gasteiger charge is -2.09. The summed E-state index contributed by atoms with van der Waals surface area (Å²) in [7, 11) is 0. The van der Waals surface area contributed by atoms with Gasteiger partial charge in [-0.25, -0.2) is 8.78 Å². The Kier molecular flexibility index (Phi) is 6.88. The molecule has 0 saturated heterocycles. The molecule has 2 rings (SSSR count). The van der Waals surface area contributed by atoms with Crippen molar-refractivity contribution in [1.29, 1.82) is 0 Å². The van der Waals surface area contributed by atoms with Crippen molar-refractivity contribution < 1.29 is 23.1 Å². The van der Waals surface area contributed by atoms with Crippen molar-refractivity contribution >= 4 is 27.7 Å². The topological polar surface area (TPSA) is 67.4 Å². The fraction of sp³-hybridized carbons (Fsp3) is 0.176. The standard InChI is InChI=1S/C17H15BrF2N2O3/c18-11-4-6-12(7-5-11)25-10-17(24)22-21-16(23)9-8-13-14(19)2-1-3-15(13)20/h1-7H,8-10H2,(H,21,23)(H,22,24). The van der Waals surface area contributed by atoms with Crippen LogP contribution in [0.25, 0.3) is 0 Å². The molecule has 2 amide bonds. The first-order chi connectivity index (χ1) is 12.0. The van der Waals surface area contributed by atoms with E-state index in [9.17, 15) is 18.4 Å². The number of hydrogen-bond donors (Lipinski definition) is 2. The van der Waals surface area contributed by atoms with E-state index in [1.54, 1.807) is 24.3 Å². The first kappa shape index (κ1) is 18.9. The van der Waals surface area contributed by atoms with E-state index < -0.39 is 23.4 Å². The second kappa shape index (κ2) is 9.12. The minimum atomic E-state index is -0.709. The molecule has 0 radical (unpaired) electrons. The number of carbonyl (C=O) groups is 2. The predicted molar refractivity (Wildman–Crippen MR) is 90.6 cm³/mol. The Hall–Kier alpha value is -2.48. The number of carbonyl (C=O) groups excluding carboxylic acids is 2. The lowest BCUT2D eigenvalue weighted by molar-refractivity contribution is -0.130. The van der Waals surface area contributed by atoms with Gasteiger partial charge in [0.2, 0.25) is 5.91 Å². The summed E-state index contributed by atoms with van der Waals surface area (Å²) in [5.41, 5.74) is 4.17. The number of nitrogens with one attached hydrogen (secondary N) is 2. The molecule has 0 unspecified atom stereocenters. The largest absolute Gasteiger partial charge is 0.484 e. The summed E-state index contributed by atoms with van der Waals surface area (Å²) in [4.78, 5) is 23.2. The Labute approximate surface area is 151 Å². The highest BCUT2D eigenvalue weighted by Gasteiger charge is 2.11. The first-order valence-electron chi connectivity index (χ1n) is 7.34.